The molecule has 0 saturated carbocycles. The van der Waals surface area contributed by atoms with E-state index in [1.54, 1.807) is 74.5 Å². The molecule has 9 heteroatoms. The third-order valence-corrected chi connectivity index (χ3v) is 5.68. The molecule has 9 nitrogen and oxygen atoms in total. The number of hydrogen-bond donors (Lipinski definition) is 2. The van der Waals surface area contributed by atoms with Crippen LogP contribution in [0.5, 0.6) is 0 Å². The number of imide groups is 1. The molecule has 0 fully saturated rings. The molecule has 0 aliphatic carbocycles. The second-order valence-corrected chi connectivity index (χ2v) is 8.59. The molecule has 3 rings (SSSR count). The van der Waals surface area contributed by atoms with Crippen molar-refractivity contribution in [3.05, 3.63) is 78.0 Å². The highest BCUT2D eigenvalue weighted by Gasteiger charge is 2.43. The molecule has 1 unspecified atom stereocenters. The lowest BCUT2D eigenvalue weighted by Gasteiger charge is -2.40. The Morgan fingerprint density at radius 3 is 2.06 bits per heavy atom. The highest BCUT2D eigenvalue weighted by Crippen LogP contribution is 2.30. The quantitative estimate of drug-likeness (QED) is 0.591. The van der Waals surface area contributed by atoms with Crippen LogP contribution in [0.4, 0.5) is 4.79 Å². The lowest BCUT2D eigenvalue weighted by Crippen LogP contribution is -2.59. The minimum Gasteiger partial charge on any atom is -0.363 e. The largest absolute Gasteiger partial charge is 0.363 e. The summed E-state index contributed by atoms with van der Waals surface area (Å²) in [6.07, 6.45) is 1.47. The van der Waals surface area contributed by atoms with Gasteiger partial charge in [-0.1, -0.05) is 74.5 Å². The Hall–Kier alpha value is -4.27. The summed E-state index contributed by atoms with van der Waals surface area (Å²) < 4.78 is 0. The number of primary amides is 1. The number of hydrogen-bond acceptors (Lipinski definition) is 5. The first kappa shape index (κ1) is 25.4. The first-order valence-electron chi connectivity index (χ1n) is 11.2. The maximum absolute atomic E-state index is 13.6. The number of benzene rings is 2. The normalized spacial score (nSPS) is 16.5. The summed E-state index contributed by atoms with van der Waals surface area (Å²) in [5.74, 6) is -3.46. The maximum atomic E-state index is 13.6. The van der Waals surface area contributed by atoms with Gasteiger partial charge in [-0.25, -0.2) is 9.69 Å². The van der Waals surface area contributed by atoms with E-state index in [-0.39, 0.29) is 23.9 Å². The predicted octanol–water partition coefficient (Wildman–Crippen LogP) is 2.08. The molecule has 5 amide bonds. The Bertz CT molecular complexity index is 1160. The van der Waals surface area contributed by atoms with E-state index in [0.717, 1.165) is 4.90 Å². The summed E-state index contributed by atoms with van der Waals surface area (Å²) in [6.45, 7) is 4.88. The molecule has 0 radical (unpaired) electrons. The topological polar surface area (TPSA) is 130 Å². The van der Waals surface area contributed by atoms with Gasteiger partial charge in [0.05, 0.1) is 5.70 Å². The first-order valence-corrected chi connectivity index (χ1v) is 11.2. The number of amides is 5. The smallest absolute Gasteiger partial charge is 0.329 e. The summed E-state index contributed by atoms with van der Waals surface area (Å²) in [6, 6.07) is 14.3. The van der Waals surface area contributed by atoms with Crippen molar-refractivity contribution >= 4 is 35.2 Å². The van der Waals surface area contributed by atoms with Gasteiger partial charge in [0.2, 0.25) is 11.7 Å². The van der Waals surface area contributed by atoms with Crippen molar-refractivity contribution < 1.29 is 24.0 Å². The van der Waals surface area contributed by atoms with Crippen LogP contribution in [0.2, 0.25) is 0 Å². The summed E-state index contributed by atoms with van der Waals surface area (Å²) in [4.78, 5) is 66.0. The molecule has 2 aromatic carbocycles. The van der Waals surface area contributed by atoms with Crippen molar-refractivity contribution in [1.82, 2.24) is 15.1 Å². The van der Waals surface area contributed by atoms with Crippen LogP contribution in [-0.4, -0.2) is 51.4 Å². The molecule has 0 spiro atoms. The van der Waals surface area contributed by atoms with Crippen molar-refractivity contribution in [2.24, 2.45) is 11.7 Å². The Balaban J connectivity index is 2.03. The van der Waals surface area contributed by atoms with Crippen LogP contribution >= 0.6 is 0 Å². The van der Waals surface area contributed by atoms with Crippen molar-refractivity contribution in [1.29, 1.82) is 0 Å². The second kappa shape index (κ2) is 10.8. The number of nitrogens with one attached hydrogen (secondary N) is 1. The van der Waals surface area contributed by atoms with Crippen LogP contribution in [-0.2, 0) is 25.6 Å². The fourth-order valence-electron chi connectivity index (χ4n) is 4.00. The Morgan fingerprint density at radius 2 is 1.54 bits per heavy atom. The SMILES string of the molecule is CC(=O)N1C=C(c2ccccc2)N(C(=O)N[C@@H](Cc2ccccc2)C(=O)C(N)=O)C(=O)C1C(C)C. The van der Waals surface area contributed by atoms with Crippen LogP contribution in [0.15, 0.2) is 66.9 Å². The van der Waals surface area contributed by atoms with Gasteiger partial charge >= 0.3 is 6.03 Å². The minimum atomic E-state index is -1.28. The molecule has 0 aromatic heterocycles. The highest BCUT2D eigenvalue weighted by molar-refractivity contribution is 6.38. The Morgan fingerprint density at radius 1 is 0.971 bits per heavy atom. The molecule has 0 saturated heterocycles. The zero-order chi connectivity index (χ0) is 25.7. The molecule has 35 heavy (non-hydrogen) atoms. The van der Waals surface area contributed by atoms with E-state index in [9.17, 15) is 24.0 Å². The van der Waals surface area contributed by atoms with Gasteiger partial charge < -0.3 is 16.0 Å². The van der Waals surface area contributed by atoms with Crippen molar-refractivity contribution in [3.8, 4) is 0 Å². The van der Waals surface area contributed by atoms with Crippen molar-refractivity contribution in [2.75, 3.05) is 0 Å². The van der Waals surface area contributed by atoms with Crippen LogP contribution < -0.4 is 11.1 Å². The van der Waals surface area contributed by atoms with Gasteiger partial charge in [0.15, 0.2) is 0 Å². The molecular weight excluding hydrogens is 448 g/mol. The van der Waals surface area contributed by atoms with Crippen LogP contribution in [0, 0.1) is 5.92 Å². The molecule has 0 bridgehead atoms. The van der Waals surface area contributed by atoms with Crippen LogP contribution in [0.25, 0.3) is 5.70 Å². The Labute approximate surface area is 203 Å². The van der Waals surface area contributed by atoms with Gasteiger partial charge in [0.25, 0.3) is 11.8 Å². The van der Waals surface area contributed by atoms with E-state index >= 15 is 0 Å². The van der Waals surface area contributed by atoms with E-state index in [0.29, 0.717) is 11.1 Å². The van der Waals surface area contributed by atoms with Gasteiger partial charge in [-0.15, -0.1) is 0 Å². The molecule has 1 aliphatic heterocycles. The van der Waals surface area contributed by atoms with Gasteiger partial charge in [-0.3, -0.25) is 19.2 Å². The van der Waals surface area contributed by atoms with Crippen molar-refractivity contribution in [3.63, 3.8) is 0 Å². The standard InChI is InChI=1S/C26H28N4O5/c1-16(2)22-25(34)30(21(15-29(22)17(3)31)19-12-8-5-9-13-19)26(35)28-20(23(32)24(27)33)14-18-10-6-4-7-11-18/h4-13,15-16,20,22H,14H2,1-3H3,(H2,27,33)(H,28,35)/t20-,22?/m0/s1. The number of Topliss-reactive ketones (excluding diaryl/α,β-unsaturated/α-hetero) is 1. The number of nitrogens with two attached hydrogens (primary N) is 1. The zero-order valence-electron chi connectivity index (χ0n) is 19.8. The highest BCUT2D eigenvalue weighted by atomic mass is 16.2. The van der Waals surface area contributed by atoms with E-state index in [2.05, 4.69) is 5.32 Å². The third-order valence-electron chi connectivity index (χ3n) is 5.68. The molecule has 2 aromatic rings. The zero-order valence-corrected chi connectivity index (χ0v) is 19.8. The summed E-state index contributed by atoms with van der Waals surface area (Å²) in [7, 11) is 0. The number of rotatable bonds is 7. The molecule has 2 atom stereocenters. The molecule has 3 N–H and O–H groups in total. The Kier molecular flexibility index (Phi) is 7.80. The fourth-order valence-corrected chi connectivity index (χ4v) is 4.00. The van der Waals surface area contributed by atoms with E-state index in [1.165, 1.54) is 18.0 Å². The maximum Gasteiger partial charge on any atom is 0.329 e. The lowest BCUT2D eigenvalue weighted by molar-refractivity contribution is -0.141. The number of ketones is 1. The van der Waals surface area contributed by atoms with Gasteiger partial charge in [0, 0.05) is 25.1 Å². The predicted molar refractivity (Wildman–Crippen MR) is 129 cm³/mol. The van der Waals surface area contributed by atoms with Crippen LogP contribution in [0.3, 0.4) is 0 Å². The van der Waals surface area contributed by atoms with Crippen LogP contribution in [0.1, 0.15) is 31.9 Å². The van der Waals surface area contributed by atoms with Crippen molar-refractivity contribution in [2.45, 2.75) is 39.3 Å². The van der Waals surface area contributed by atoms with E-state index < -0.39 is 35.7 Å². The average molecular weight is 477 g/mol. The van der Waals surface area contributed by atoms with Gasteiger partial charge in [-0.05, 0) is 11.5 Å². The van der Waals surface area contributed by atoms with Gasteiger partial charge in [0.1, 0.15) is 12.1 Å². The summed E-state index contributed by atoms with van der Waals surface area (Å²) in [5.41, 5.74) is 6.61. The minimum absolute atomic E-state index is 0.00789. The lowest BCUT2D eigenvalue weighted by atomic mass is 9.97. The second-order valence-electron chi connectivity index (χ2n) is 8.59. The summed E-state index contributed by atoms with van der Waals surface area (Å²) in [5, 5.41) is 2.52. The molecular formula is C26H28N4O5. The summed E-state index contributed by atoms with van der Waals surface area (Å²) >= 11 is 0. The van der Waals surface area contributed by atoms with E-state index in [1.807, 2.05) is 0 Å². The number of urea groups is 1. The monoisotopic (exact) mass is 476 g/mol. The number of carbonyl (C=O) groups is 5. The fraction of sp³-hybridized carbons (Fsp3) is 0.269. The number of carbonyl (C=O) groups excluding carboxylic acids is 5. The van der Waals surface area contributed by atoms with Gasteiger partial charge in [-0.2, -0.15) is 0 Å². The average Bonchev–Trinajstić information content (AvgIpc) is 2.83. The molecule has 1 aliphatic rings. The first-order chi connectivity index (χ1) is 16.6. The third kappa shape index (κ3) is 5.63. The number of nitrogens with zero attached hydrogens (tertiary/aromatic N) is 2. The molecule has 1 heterocycles. The molecule has 182 valence electrons. The van der Waals surface area contributed by atoms with E-state index in [4.69, 9.17) is 5.73 Å².